The van der Waals surface area contributed by atoms with Crippen LogP contribution in [-0.2, 0) is 0 Å². The average Bonchev–Trinajstić information content (AvgIpc) is 2.71. The SMILES string of the molecule is CC1C[C@@H]2CC23CC3C1N. The third-order valence-electron chi connectivity index (χ3n) is 4.24. The minimum Gasteiger partial charge on any atom is -0.327 e. The van der Waals surface area contributed by atoms with Crippen molar-refractivity contribution in [3.63, 3.8) is 0 Å². The highest BCUT2D eigenvalue weighted by atomic mass is 14.9. The summed E-state index contributed by atoms with van der Waals surface area (Å²) in [7, 11) is 0. The first-order valence-corrected chi connectivity index (χ1v) is 4.49. The van der Waals surface area contributed by atoms with Crippen molar-refractivity contribution >= 4 is 0 Å². The molecule has 0 heterocycles. The third-order valence-corrected chi connectivity index (χ3v) is 4.24. The number of hydrogen-bond donors (Lipinski definition) is 1. The van der Waals surface area contributed by atoms with Crippen LogP contribution in [0.3, 0.4) is 0 Å². The fourth-order valence-electron chi connectivity index (χ4n) is 3.29. The van der Waals surface area contributed by atoms with Crippen molar-refractivity contribution in [2.24, 2.45) is 28.9 Å². The summed E-state index contributed by atoms with van der Waals surface area (Å²) in [5.41, 5.74) is 6.91. The number of rotatable bonds is 0. The van der Waals surface area contributed by atoms with Crippen LogP contribution in [0, 0.1) is 23.2 Å². The Morgan fingerprint density at radius 3 is 3.00 bits per heavy atom. The first-order valence-electron chi connectivity index (χ1n) is 4.49. The number of hydrogen-bond acceptors (Lipinski definition) is 1. The highest BCUT2D eigenvalue weighted by Gasteiger charge is 2.74. The van der Waals surface area contributed by atoms with Gasteiger partial charge in [0.15, 0.2) is 0 Å². The molecule has 1 heteroatoms. The van der Waals surface area contributed by atoms with Gasteiger partial charge in [0.25, 0.3) is 0 Å². The number of nitrogens with two attached hydrogens (primary N) is 1. The lowest BCUT2D eigenvalue weighted by atomic mass is 9.87. The molecule has 0 radical (unpaired) electrons. The molecule has 0 aliphatic heterocycles. The maximum atomic E-state index is 6.08. The van der Waals surface area contributed by atoms with Crippen LogP contribution in [0.15, 0.2) is 0 Å². The van der Waals surface area contributed by atoms with Crippen LogP contribution in [0.4, 0.5) is 0 Å². The smallest absolute Gasteiger partial charge is 0.00987 e. The lowest BCUT2D eigenvalue weighted by molar-refractivity contribution is 0.307. The molecule has 56 valence electrons. The van der Waals surface area contributed by atoms with Crippen LogP contribution in [0.2, 0.25) is 0 Å². The van der Waals surface area contributed by atoms with E-state index < -0.39 is 0 Å². The molecule has 3 aliphatic carbocycles. The van der Waals surface area contributed by atoms with Gasteiger partial charge in [0.2, 0.25) is 0 Å². The van der Waals surface area contributed by atoms with Crippen molar-refractivity contribution in [1.82, 2.24) is 0 Å². The molecule has 10 heavy (non-hydrogen) atoms. The topological polar surface area (TPSA) is 26.0 Å². The van der Waals surface area contributed by atoms with E-state index in [-0.39, 0.29) is 0 Å². The van der Waals surface area contributed by atoms with E-state index in [1.54, 1.807) is 0 Å². The first-order chi connectivity index (χ1) is 4.74. The minimum atomic E-state index is 0.554. The fraction of sp³-hybridized carbons (Fsp3) is 1.00. The molecule has 0 bridgehead atoms. The summed E-state index contributed by atoms with van der Waals surface area (Å²) in [6, 6.07) is 0.554. The molecule has 0 amide bonds. The summed E-state index contributed by atoms with van der Waals surface area (Å²) in [6.45, 7) is 2.32. The Kier molecular flexibility index (Phi) is 0.722. The Morgan fingerprint density at radius 1 is 1.40 bits per heavy atom. The van der Waals surface area contributed by atoms with Crippen molar-refractivity contribution in [2.45, 2.75) is 32.2 Å². The molecule has 5 atom stereocenters. The van der Waals surface area contributed by atoms with E-state index in [0.29, 0.717) is 6.04 Å². The van der Waals surface area contributed by atoms with Gasteiger partial charge in [0, 0.05) is 6.04 Å². The molecule has 3 aliphatic rings. The maximum absolute atomic E-state index is 6.08. The standard InChI is InChI=1S/C9H15N/c1-5-2-6-3-9(6)4-7(9)8(5)10/h5-8H,2-4,10H2,1H3/t5?,6-,7?,8?,9?/m1/s1. The molecule has 0 aromatic carbocycles. The van der Waals surface area contributed by atoms with Gasteiger partial charge in [-0.1, -0.05) is 6.92 Å². The van der Waals surface area contributed by atoms with E-state index in [1.165, 1.54) is 19.3 Å². The van der Waals surface area contributed by atoms with Crippen molar-refractivity contribution < 1.29 is 0 Å². The second-order valence-corrected chi connectivity index (χ2v) is 4.74. The summed E-state index contributed by atoms with van der Waals surface area (Å²) >= 11 is 0. The molecule has 0 aromatic rings. The zero-order valence-corrected chi connectivity index (χ0v) is 6.51. The van der Waals surface area contributed by atoms with Crippen LogP contribution >= 0.6 is 0 Å². The normalized spacial score (nSPS) is 70.2. The van der Waals surface area contributed by atoms with E-state index >= 15 is 0 Å². The zero-order valence-electron chi connectivity index (χ0n) is 6.51. The van der Waals surface area contributed by atoms with Gasteiger partial charge < -0.3 is 5.73 Å². The lowest BCUT2D eigenvalue weighted by Gasteiger charge is -2.23. The molecule has 4 unspecified atom stereocenters. The Bertz CT molecular complexity index is 189. The van der Waals surface area contributed by atoms with Gasteiger partial charge >= 0.3 is 0 Å². The predicted octanol–water partition coefficient (Wildman–Crippen LogP) is 1.38. The van der Waals surface area contributed by atoms with Crippen LogP contribution in [-0.4, -0.2) is 6.04 Å². The van der Waals surface area contributed by atoms with E-state index in [4.69, 9.17) is 5.73 Å². The summed E-state index contributed by atoms with van der Waals surface area (Å²) in [5, 5.41) is 0. The monoisotopic (exact) mass is 137 g/mol. The Labute approximate surface area is 62.0 Å². The second-order valence-electron chi connectivity index (χ2n) is 4.74. The van der Waals surface area contributed by atoms with E-state index in [1.807, 2.05) is 0 Å². The van der Waals surface area contributed by atoms with Crippen LogP contribution in [0.25, 0.3) is 0 Å². The van der Waals surface area contributed by atoms with Gasteiger partial charge in [0.1, 0.15) is 0 Å². The van der Waals surface area contributed by atoms with Crippen LogP contribution in [0.5, 0.6) is 0 Å². The summed E-state index contributed by atoms with van der Waals surface area (Å²) in [6.07, 6.45) is 4.43. The molecule has 3 saturated carbocycles. The largest absolute Gasteiger partial charge is 0.327 e. The summed E-state index contributed by atoms with van der Waals surface area (Å²) < 4.78 is 0. The second kappa shape index (κ2) is 1.29. The van der Waals surface area contributed by atoms with Crippen LogP contribution in [0.1, 0.15) is 26.2 Å². The quantitative estimate of drug-likeness (QED) is 0.536. The molecular formula is C9H15N. The van der Waals surface area contributed by atoms with Gasteiger partial charge in [-0.3, -0.25) is 0 Å². The van der Waals surface area contributed by atoms with Crippen molar-refractivity contribution in [3.8, 4) is 0 Å². The van der Waals surface area contributed by atoms with E-state index in [2.05, 4.69) is 6.92 Å². The predicted molar refractivity (Wildman–Crippen MR) is 40.4 cm³/mol. The molecule has 3 fully saturated rings. The van der Waals surface area contributed by atoms with Gasteiger partial charge in [-0.15, -0.1) is 0 Å². The molecule has 1 nitrogen and oxygen atoms in total. The molecular weight excluding hydrogens is 122 g/mol. The molecule has 2 N–H and O–H groups in total. The maximum Gasteiger partial charge on any atom is 0.00987 e. The average molecular weight is 137 g/mol. The van der Waals surface area contributed by atoms with Crippen molar-refractivity contribution in [3.05, 3.63) is 0 Å². The van der Waals surface area contributed by atoms with Gasteiger partial charge in [-0.2, -0.15) is 0 Å². The fourth-order valence-corrected chi connectivity index (χ4v) is 3.29. The lowest BCUT2D eigenvalue weighted by Crippen LogP contribution is -2.34. The molecule has 3 rings (SSSR count). The Balaban J connectivity index is 1.90. The Morgan fingerprint density at radius 2 is 2.20 bits per heavy atom. The summed E-state index contributed by atoms with van der Waals surface area (Å²) in [5.74, 6) is 2.86. The molecule has 1 spiro atoms. The van der Waals surface area contributed by atoms with Gasteiger partial charge in [-0.05, 0) is 42.4 Å². The highest BCUT2D eigenvalue weighted by molar-refractivity contribution is 5.24. The third kappa shape index (κ3) is 0.430. The zero-order chi connectivity index (χ0) is 6.93. The van der Waals surface area contributed by atoms with Crippen LogP contribution < -0.4 is 5.73 Å². The van der Waals surface area contributed by atoms with Crippen molar-refractivity contribution in [1.29, 1.82) is 0 Å². The van der Waals surface area contributed by atoms with Gasteiger partial charge in [-0.25, -0.2) is 0 Å². The Hall–Kier alpha value is -0.0400. The van der Waals surface area contributed by atoms with Gasteiger partial charge in [0.05, 0.1) is 0 Å². The first kappa shape index (κ1) is 5.59. The van der Waals surface area contributed by atoms with E-state index in [9.17, 15) is 0 Å². The molecule has 0 saturated heterocycles. The van der Waals surface area contributed by atoms with Crippen molar-refractivity contribution in [2.75, 3.05) is 0 Å². The summed E-state index contributed by atoms with van der Waals surface area (Å²) in [4.78, 5) is 0. The minimum absolute atomic E-state index is 0.554. The van der Waals surface area contributed by atoms with E-state index in [0.717, 1.165) is 23.2 Å². The highest BCUT2D eigenvalue weighted by Crippen LogP contribution is 2.79. The molecule has 0 aromatic heterocycles.